The van der Waals surface area contributed by atoms with E-state index in [1.54, 1.807) is 18.2 Å². The zero-order valence-electron chi connectivity index (χ0n) is 10.4. The van der Waals surface area contributed by atoms with Gasteiger partial charge in [0.15, 0.2) is 5.78 Å². The molecule has 98 valence electrons. The van der Waals surface area contributed by atoms with E-state index in [0.29, 0.717) is 18.5 Å². The summed E-state index contributed by atoms with van der Waals surface area (Å²) >= 11 is 0. The summed E-state index contributed by atoms with van der Waals surface area (Å²) < 4.78 is 0. The lowest BCUT2D eigenvalue weighted by molar-refractivity contribution is -0.132. The van der Waals surface area contributed by atoms with Gasteiger partial charge in [0.1, 0.15) is 5.78 Å². The third-order valence-corrected chi connectivity index (χ3v) is 3.80. The first-order valence-electron chi connectivity index (χ1n) is 6.32. The van der Waals surface area contributed by atoms with Gasteiger partial charge in [0.25, 0.3) is 0 Å². The van der Waals surface area contributed by atoms with Crippen molar-refractivity contribution < 1.29 is 14.4 Å². The minimum absolute atomic E-state index is 0.0410. The number of carbonyl (C=O) groups is 3. The van der Waals surface area contributed by atoms with Crippen LogP contribution in [0.3, 0.4) is 0 Å². The van der Waals surface area contributed by atoms with Crippen LogP contribution < -0.4 is 10.6 Å². The minimum Gasteiger partial charge on any atom is -0.398 e. The molecule has 1 unspecified atom stereocenters. The second-order valence-electron chi connectivity index (χ2n) is 5.02. The van der Waals surface area contributed by atoms with Gasteiger partial charge in [-0.15, -0.1) is 0 Å². The molecule has 0 bridgehead atoms. The van der Waals surface area contributed by atoms with Crippen LogP contribution in [0.15, 0.2) is 18.2 Å². The maximum absolute atomic E-state index is 12.1. The summed E-state index contributed by atoms with van der Waals surface area (Å²) in [6.07, 6.45) is 0.946. The Morgan fingerprint density at radius 3 is 2.68 bits per heavy atom. The molecule has 1 saturated carbocycles. The lowest BCUT2D eigenvalue weighted by Crippen LogP contribution is -2.46. The molecule has 3 rings (SSSR count). The van der Waals surface area contributed by atoms with Gasteiger partial charge in [-0.05, 0) is 18.6 Å². The van der Waals surface area contributed by atoms with Crippen LogP contribution in [-0.2, 0) is 20.8 Å². The number of hydrogen-bond donors (Lipinski definition) is 1. The standard InChI is InChI=1S/C14H14N2O3/c15-10-2-1-3-11-9(10)7-14(19)16(11)12-5-4-8(17)6-13(12)18/h1-3,12H,4-7,15H2. The molecule has 1 fully saturated rings. The van der Waals surface area contributed by atoms with Gasteiger partial charge in [-0.25, -0.2) is 0 Å². The lowest BCUT2D eigenvalue weighted by atomic mass is 9.92. The van der Waals surface area contributed by atoms with Crippen molar-refractivity contribution in [1.29, 1.82) is 0 Å². The summed E-state index contributed by atoms with van der Waals surface area (Å²) in [6.45, 7) is 0. The van der Waals surface area contributed by atoms with Crippen LogP contribution in [0.5, 0.6) is 0 Å². The maximum atomic E-state index is 12.1. The average Bonchev–Trinajstić information content (AvgIpc) is 2.68. The van der Waals surface area contributed by atoms with Gasteiger partial charge in [0.2, 0.25) is 5.91 Å². The fourth-order valence-electron chi connectivity index (χ4n) is 2.86. The minimum atomic E-state index is -0.506. The van der Waals surface area contributed by atoms with Gasteiger partial charge >= 0.3 is 0 Å². The fourth-order valence-corrected chi connectivity index (χ4v) is 2.86. The van der Waals surface area contributed by atoms with Crippen LogP contribution >= 0.6 is 0 Å². The average molecular weight is 258 g/mol. The van der Waals surface area contributed by atoms with E-state index in [1.165, 1.54) is 4.90 Å². The Balaban J connectivity index is 1.98. The smallest absolute Gasteiger partial charge is 0.232 e. The second kappa shape index (κ2) is 4.19. The van der Waals surface area contributed by atoms with Crippen molar-refractivity contribution in [2.45, 2.75) is 31.7 Å². The first-order chi connectivity index (χ1) is 9.08. The number of benzene rings is 1. The first-order valence-corrected chi connectivity index (χ1v) is 6.32. The van der Waals surface area contributed by atoms with E-state index >= 15 is 0 Å². The number of anilines is 2. The molecule has 1 amide bonds. The summed E-state index contributed by atoms with van der Waals surface area (Å²) in [5, 5.41) is 0. The highest BCUT2D eigenvalue weighted by molar-refractivity contribution is 6.12. The molecule has 2 aliphatic rings. The zero-order chi connectivity index (χ0) is 13.6. The highest BCUT2D eigenvalue weighted by Crippen LogP contribution is 2.36. The van der Waals surface area contributed by atoms with E-state index in [4.69, 9.17) is 5.73 Å². The number of hydrogen-bond acceptors (Lipinski definition) is 4. The number of nitrogens with zero attached hydrogens (tertiary/aromatic N) is 1. The van der Waals surface area contributed by atoms with Gasteiger partial charge < -0.3 is 10.6 Å². The van der Waals surface area contributed by atoms with E-state index < -0.39 is 6.04 Å². The van der Waals surface area contributed by atoms with Crippen molar-refractivity contribution >= 4 is 28.8 Å². The number of Topliss-reactive ketones (excluding diaryl/α,β-unsaturated/α-hetero) is 2. The van der Waals surface area contributed by atoms with Gasteiger partial charge in [-0.1, -0.05) is 6.07 Å². The number of ketones is 2. The van der Waals surface area contributed by atoms with Crippen LogP contribution in [0.1, 0.15) is 24.8 Å². The van der Waals surface area contributed by atoms with Gasteiger partial charge in [-0.3, -0.25) is 14.4 Å². The first kappa shape index (κ1) is 11.9. The van der Waals surface area contributed by atoms with Crippen molar-refractivity contribution in [1.82, 2.24) is 0 Å². The number of carbonyl (C=O) groups excluding carboxylic acids is 3. The van der Waals surface area contributed by atoms with Crippen LogP contribution in [0.4, 0.5) is 11.4 Å². The normalized spacial score (nSPS) is 22.8. The zero-order valence-corrected chi connectivity index (χ0v) is 10.4. The summed E-state index contributed by atoms with van der Waals surface area (Å²) in [5.74, 6) is -0.318. The molecule has 1 aliphatic carbocycles. The van der Waals surface area contributed by atoms with Crippen LogP contribution in [-0.4, -0.2) is 23.5 Å². The predicted octanol–water partition coefficient (Wildman–Crippen LogP) is 0.849. The summed E-state index contributed by atoms with van der Waals surface area (Å²) in [7, 11) is 0. The van der Waals surface area contributed by atoms with Crippen molar-refractivity contribution in [3.63, 3.8) is 0 Å². The predicted molar refractivity (Wildman–Crippen MR) is 69.7 cm³/mol. The Bertz CT molecular complexity index is 594. The number of rotatable bonds is 1. The number of fused-ring (bicyclic) bond motifs is 1. The van der Waals surface area contributed by atoms with E-state index in [1.807, 2.05) is 0 Å². The number of nitrogen functional groups attached to an aromatic ring is 1. The fraction of sp³-hybridized carbons (Fsp3) is 0.357. The molecule has 5 nitrogen and oxygen atoms in total. The summed E-state index contributed by atoms with van der Waals surface area (Å²) in [6, 6.07) is 4.83. The third kappa shape index (κ3) is 1.82. The molecule has 0 saturated heterocycles. The Labute approximate surface area is 110 Å². The second-order valence-corrected chi connectivity index (χ2v) is 5.02. The summed E-state index contributed by atoms with van der Waals surface area (Å²) in [5.41, 5.74) is 7.95. The monoisotopic (exact) mass is 258 g/mol. The molecule has 1 aliphatic heterocycles. The van der Waals surface area contributed by atoms with Crippen LogP contribution in [0.2, 0.25) is 0 Å². The molecule has 0 spiro atoms. The van der Waals surface area contributed by atoms with E-state index in [9.17, 15) is 14.4 Å². The van der Waals surface area contributed by atoms with Crippen LogP contribution in [0, 0.1) is 0 Å². The molecule has 1 heterocycles. The molecule has 2 N–H and O–H groups in total. The van der Waals surface area contributed by atoms with E-state index in [0.717, 1.165) is 11.3 Å². The SMILES string of the molecule is Nc1cccc2c1CC(=O)N2C1CCC(=O)CC1=O. The molecule has 5 heteroatoms. The molecule has 19 heavy (non-hydrogen) atoms. The molecular formula is C14H14N2O3. The van der Waals surface area contributed by atoms with Gasteiger partial charge in [-0.2, -0.15) is 0 Å². The third-order valence-electron chi connectivity index (χ3n) is 3.80. The van der Waals surface area contributed by atoms with Crippen molar-refractivity contribution in [3.8, 4) is 0 Å². The van der Waals surface area contributed by atoms with E-state index in [-0.39, 0.29) is 30.3 Å². The Morgan fingerprint density at radius 2 is 1.95 bits per heavy atom. The van der Waals surface area contributed by atoms with Crippen molar-refractivity contribution in [2.75, 3.05) is 10.6 Å². The maximum Gasteiger partial charge on any atom is 0.232 e. The topological polar surface area (TPSA) is 80.5 Å². The summed E-state index contributed by atoms with van der Waals surface area (Å²) in [4.78, 5) is 36.9. The van der Waals surface area contributed by atoms with Crippen molar-refractivity contribution in [2.24, 2.45) is 0 Å². The Morgan fingerprint density at radius 1 is 1.16 bits per heavy atom. The Hall–Kier alpha value is -2.17. The molecule has 0 aromatic heterocycles. The van der Waals surface area contributed by atoms with E-state index in [2.05, 4.69) is 0 Å². The highest BCUT2D eigenvalue weighted by Gasteiger charge is 2.39. The van der Waals surface area contributed by atoms with Gasteiger partial charge in [0, 0.05) is 17.7 Å². The quantitative estimate of drug-likeness (QED) is 0.598. The molecular weight excluding hydrogens is 244 g/mol. The lowest BCUT2D eigenvalue weighted by Gasteiger charge is -2.29. The number of nitrogens with two attached hydrogens (primary N) is 1. The largest absolute Gasteiger partial charge is 0.398 e. The van der Waals surface area contributed by atoms with Crippen LogP contribution in [0.25, 0.3) is 0 Å². The van der Waals surface area contributed by atoms with Crippen molar-refractivity contribution in [3.05, 3.63) is 23.8 Å². The Kier molecular flexibility index (Phi) is 2.62. The molecule has 0 radical (unpaired) electrons. The molecule has 1 atom stereocenters. The highest BCUT2D eigenvalue weighted by atomic mass is 16.2. The molecule has 1 aromatic carbocycles. The van der Waals surface area contributed by atoms with Gasteiger partial charge in [0.05, 0.1) is 24.6 Å². The molecule has 1 aromatic rings. The number of amides is 1.